The highest BCUT2D eigenvalue weighted by atomic mass is 16.5. The van der Waals surface area contributed by atoms with Crippen molar-refractivity contribution in [2.75, 3.05) is 53.0 Å². The van der Waals surface area contributed by atoms with E-state index in [2.05, 4.69) is 25.6 Å². The highest BCUT2D eigenvalue weighted by molar-refractivity contribution is 5.79. The Hall–Kier alpha value is -1.64. The van der Waals surface area contributed by atoms with E-state index >= 15 is 0 Å². The maximum atomic E-state index is 10.7. The topological polar surface area (TPSA) is 86.9 Å². The third kappa shape index (κ3) is 7.12. The van der Waals surface area contributed by atoms with Gasteiger partial charge < -0.3 is 25.4 Å². The van der Waals surface area contributed by atoms with Crippen LogP contribution in [0.15, 0.2) is 17.4 Å². The van der Waals surface area contributed by atoms with Crippen LogP contribution in [-0.4, -0.2) is 78.7 Å². The van der Waals surface area contributed by atoms with Gasteiger partial charge in [0.1, 0.15) is 5.60 Å². The molecule has 27 heavy (non-hydrogen) atoms. The summed E-state index contributed by atoms with van der Waals surface area (Å²) >= 11 is 0. The van der Waals surface area contributed by atoms with E-state index in [0.717, 1.165) is 50.9 Å². The van der Waals surface area contributed by atoms with Crippen molar-refractivity contribution in [1.82, 2.24) is 25.3 Å². The van der Waals surface area contributed by atoms with Crippen LogP contribution >= 0.6 is 0 Å². The van der Waals surface area contributed by atoms with Gasteiger partial charge in [0.2, 0.25) is 0 Å². The molecule has 1 aromatic rings. The Balaban J connectivity index is 1.82. The molecule has 1 aromatic heterocycles. The molecule has 8 heteroatoms. The first-order chi connectivity index (χ1) is 12.9. The minimum Gasteiger partial charge on any atom is -0.383 e. The highest BCUT2D eigenvalue weighted by Gasteiger charge is 2.25. The average molecular weight is 381 g/mol. The third-order valence-corrected chi connectivity index (χ3v) is 5.09. The molecular formula is C19H36N6O2. The zero-order chi connectivity index (χ0) is 19.7. The number of nitrogens with one attached hydrogen (secondary N) is 2. The number of aliphatic hydroxyl groups is 1. The Bertz CT molecular complexity index is 579. The molecule has 1 aliphatic heterocycles. The number of hydrogen-bond acceptors (Lipinski definition) is 5. The summed E-state index contributed by atoms with van der Waals surface area (Å²) in [4.78, 5) is 7.05. The molecule has 154 valence electrons. The fraction of sp³-hybridized carbons (Fsp3) is 0.789. The standard InChI is InChI=1S/C19H36N6O2/c1-5-20-18(22-15-19(2,26)17-13-23-24(3)14-17)21-12-16-6-8-25(9-7-16)10-11-27-4/h13-14,16,26H,5-12,15H2,1-4H3,(H2,20,21,22). The SMILES string of the molecule is CCNC(=NCC(C)(O)c1cnn(C)c1)NCC1CCN(CCOC)CC1. The zero-order valence-corrected chi connectivity index (χ0v) is 17.2. The smallest absolute Gasteiger partial charge is 0.191 e. The molecule has 1 unspecified atom stereocenters. The van der Waals surface area contributed by atoms with Crippen LogP contribution in [0.25, 0.3) is 0 Å². The molecule has 0 spiro atoms. The first-order valence-corrected chi connectivity index (χ1v) is 9.89. The number of methoxy groups -OCH3 is 1. The van der Waals surface area contributed by atoms with E-state index in [1.54, 1.807) is 24.9 Å². The predicted molar refractivity (Wildman–Crippen MR) is 108 cm³/mol. The van der Waals surface area contributed by atoms with E-state index < -0.39 is 5.60 Å². The Morgan fingerprint density at radius 1 is 1.41 bits per heavy atom. The molecule has 0 aliphatic carbocycles. The summed E-state index contributed by atoms with van der Waals surface area (Å²) in [5, 5.41) is 21.5. The summed E-state index contributed by atoms with van der Waals surface area (Å²) in [6.45, 7) is 9.86. The number of aryl methyl sites for hydroxylation is 1. The van der Waals surface area contributed by atoms with Gasteiger partial charge in [-0.2, -0.15) is 5.10 Å². The van der Waals surface area contributed by atoms with E-state index in [1.807, 2.05) is 20.2 Å². The van der Waals surface area contributed by atoms with E-state index in [0.29, 0.717) is 5.92 Å². The summed E-state index contributed by atoms with van der Waals surface area (Å²) < 4.78 is 6.85. The van der Waals surface area contributed by atoms with Crippen LogP contribution < -0.4 is 10.6 Å². The molecule has 0 bridgehead atoms. The van der Waals surface area contributed by atoms with Crippen molar-refractivity contribution >= 4 is 5.96 Å². The van der Waals surface area contributed by atoms with Gasteiger partial charge in [-0.15, -0.1) is 0 Å². The normalized spacial score (nSPS) is 19.1. The zero-order valence-electron chi connectivity index (χ0n) is 17.2. The van der Waals surface area contributed by atoms with Gasteiger partial charge >= 0.3 is 0 Å². The predicted octanol–water partition coefficient (Wildman–Crippen LogP) is 0.541. The number of guanidine groups is 1. The number of likely N-dealkylation sites (tertiary alicyclic amines) is 1. The van der Waals surface area contributed by atoms with Gasteiger partial charge in [-0.3, -0.25) is 4.68 Å². The fourth-order valence-electron chi connectivity index (χ4n) is 3.24. The van der Waals surface area contributed by atoms with Crippen molar-refractivity contribution in [1.29, 1.82) is 0 Å². The largest absolute Gasteiger partial charge is 0.383 e. The van der Waals surface area contributed by atoms with Crippen LogP contribution in [0, 0.1) is 5.92 Å². The second kappa shape index (κ2) is 10.6. The van der Waals surface area contributed by atoms with Crippen LogP contribution in [0.3, 0.4) is 0 Å². The number of aromatic nitrogens is 2. The molecule has 0 aromatic carbocycles. The molecule has 2 rings (SSSR count). The maximum Gasteiger partial charge on any atom is 0.191 e. The first kappa shape index (κ1) is 21.7. The van der Waals surface area contributed by atoms with Gasteiger partial charge in [0.25, 0.3) is 0 Å². The monoisotopic (exact) mass is 380 g/mol. The molecule has 1 atom stereocenters. The Morgan fingerprint density at radius 3 is 2.74 bits per heavy atom. The van der Waals surface area contributed by atoms with Gasteiger partial charge in [0.05, 0.1) is 19.3 Å². The average Bonchev–Trinajstić information content (AvgIpc) is 3.10. The number of piperidine rings is 1. The summed E-state index contributed by atoms with van der Waals surface area (Å²) in [6, 6.07) is 0. The van der Waals surface area contributed by atoms with Gasteiger partial charge in [-0.05, 0) is 45.7 Å². The number of nitrogens with zero attached hydrogens (tertiary/aromatic N) is 4. The quantitative estimate of drug-likeness (QED) is 0.428. The molecule has 0 amide bonds. The number of rotatable bonds is 9. The molecule has 1 fully saturated rings. The van der Waals surface area contributed by atoms with Crippen molar-refractivity contribution in [2.24, 2.45) is 18.0 Å². The molecule has 3 N–H and O–H groups in total. The number of hydrogen-bond donors (Lipinski definition) is 3. The molecule has 0 radical (unpaired) electrons. The van der Waals surface area contributed by atoms with Crippen molar-refractivity contribution in [3.05, 3.63) is 18.0 Å². The van der Waals surface area contributed by atoms with Crippen molar-refractivity contribution in [3.8, 4) is 0 Å². The first-order valence-electron chi connectivity index (χ1n) is 9.89. The van der Waals surface area contributed by atoms with Gasteiger partial charge in [-0.1, -0.05) is 0 Å². The Kier molecular flexibility index (Phi) is 8.53. The molecule has 8 nitrogen and oxygen atoms in total. The van der Waals surface area contributed by atoms with Crippen LogP contribution in [0.1, 0.15) is 32.3 Å². The van der Waals surface area contributed by atoms with E-state index in [1.165, 1.54) is 12.8 Å². The minimum absolute atomic E-state index is 0.281. The lowest BCUT2D eigenvalue weighted by Crippen LogP contribution is -2.44. The lowest BCUT2D eigenvalue weighted by atomic mass is 9.97. The molecule has 1 saturated heterocycles. The molecule has 1 aliphatic rings. The van der Waals surface area contributed by atoms with Crippen molar-refractivity contribution < 1.29 is 9.84 Å². The second-order valence-corrected chi connectivity index (χ2v) is 7.53. The van der Waals surface area contributed by atoms with Crippen LogP contribution in [0.5, 0.6) is 0 Å². The van der Waals surface area contributed by atoms with Crippen molar-refractivity contribution in [3.63, 3.8) is 0 Å². The number of aliphatic imine (C=N–C) groups is 1. The van der Waals surface area contributed by atoms with Crippen molar-refractivity contribution in [2.45, 2.75) is 32.3 Å². The van der Waals surface area contributed by atoms with E-state index in [4.69, 9.17) is 4.74 Å². The van der Waals surface area contributed by atoms with E-state index in [9.17, 15) is 5.11 Å². The Morgan fingerprint density at radius 2 is 2.15 bits per heavy atom. The minimum atomic E-state index is -1.04. The number of ether oxygens (including phenoxy) is 1. The fourth-order valence-corrected chi connectivity index (χ4v) is 3.24. The summed E-state index contributed by atoms with van der Waals surface area (Å²) in [5.74, 6) is 1.40. The molecule has 2 heterocycles. The summed E-state index contributed by atoms with van der Waals surface area (Å²) in [5.41, 5.74) is -0.267. The third-order valence-electron chi connectivity index (χ3n) is 5.09. The molecular weight excluding hydrogens is 344 g/mol. The highest BCUT2D eigenvalue weighted by Crippen LogP contribution is 2.20. The Labute approximate surface area is 163 Å². The summed E-state index contributed by atoms with van der Waals surface area (Å²) in [6.07, 6.45) is 5.88. The summed E-state index contributed by atoms with van der Waals surface area (Å²) in [7, 11) is 3.60. The second-order valence-electron chi connectivity index (χ2n) is 7.53. The van der Waals surface area contributed by atoms with Gasteiger partial charge in [0, 0.05) is 45.6 Å². The van der Waals surface area contributed by atoms with E-state index in [-0.39, 0.29) is 6.54 Å². The molecule has 0 saturated carbocycles. The van der Waals surface area contributed by atoms with Crippen LogP contribution in [0.4, 0.5) is 0 Å². The maximum absolute atomic E-state index is 10.7. The van der Waals surface area contributed by atoms with Crippen LogP contribution in [0.2, 0.25) is 0 Å². The van der Waals surface area contributed by atoms with Gasteiger partial charge in [0.15, 0.2) is 5.96 Å². The lowest BCUT2D eigenvalue weighted by Gasteiger charge is -2.32. The van der Waals surface area contributed by atoms with Crippen LogP contribution in [-0.2, 0) is 17.4 Å². The lowest BCUT2D eigenvalue weighted by molar-refractivity contribution is 0.0671. The van der Waals surface area contributed by atoms with Gasteiger partial charge in [-0.25, -0.2) is 4.99 Å².